The molecule has 0 aliphatic carbocycles. The maximum atomic E-state index is 12.5. The first kappa shape index (κ1) is 32.1. The minimum absolute atomic E-state index is 0.0829. The minimum atomic E-state index is -0.516. The molecule has 0 unspecified atom stereocenters. The van der Waals surface area contributed by atoms with Gasteiger partial charge in [0.05, 0.1) is 46.8 Å². The molecule has 0 saturated carbocycles. The second-order valence-corrected chi connectivity index (χ2v) is 12.3. The van der Waals surface area contributed by atoms with Crippen molar-refractivity contribution in [1.82, 2.24) is 38.7 Å². The summed E-state index contributed by atoms with van der Waals surface area (Å²) in [6.07, 6.45) is 12.6. The van der Waals surface area contributed by atoms with Crippen molar-refractivity contribution in [3.8, 4) is 22.5 Å². The Morgan fingerprint density at radius 3 is 1.98 bits per heavy atom. The van der Waals surface area contributed by atoms with Crippen LogP contribution in [0, 0.1) is 0 Å². The number of methoxy groups -OCH3 is 1. The summed E-state index contributed by atoms with van der Waals surface area (Å²) in [5, 5.41) is 3.96. The van der Waals surface area contributed by atoms with Gasteiger partial charge >= 0.3 is 5.97 Å². The third-order valence-corrected chi connectivity index (χ3v) is 8.96. The number of benzene rings is 2. The number of hydrogen-bond acceptors (Lipinski definition) is 12. The maximum absolute atomic E-state index is 12.5. The molecule has 0 amide bonds. The van der Waals surface area contributed by atoms with E-state index in [1.807, 2.05) is 88.2 Å². The van der Waals surface area contributed by atoms with Crippen molar-refractivity contribution in [3.63, 3.8) is 0 Å². The van der Waals surface area contributed by atoms with Crippen LogP contribution >= 0.6 is 22.7 Å². The van der Waals surface area contributed by atoms with Gasteiger partial charge in [-0.1, -0.05) is 60.7 Å². The van der Waals surface area contributed by atoms with E-state index in [1.54, 1.807) is 29.5 Å². The molecule has 14 heteroatoms. The zero-order valence-electron chi connectivity index (χ0n) is 26.5. The van der Waals surface area contributed by atoms with Gasteiger partial charge in [-0.2, -0.15) is 0 Å². The van der Waals surface area contributed by atoms with Crippen LogP contribution in [0.2, 0.25) is 0 Å². The molecule has 6 heterocycles. The Hall–Kier alpha value is -6.51. The molecule has 8 aromatic rings. The van der Waals surface area contributed by atoms with Crippen molar-refractivity contribution in [2.75, 3.05) is 18.6 Å². The number of hydrogen-bond donors (Lipinski definition) is 2. The summed E-state index contributed by atoms with van der Waals surface area (Å²) in [7, 11) is 1.33. The number of esters is 1. The first-order chi connectivity index (χ1) is 24.5. The summed E-state index contributed by atoms with van der Waals surface area (Å²) >= 11 is 3.13. The number of nitrogens with two attached hydrogens (primary N) is 2. The van der Waals surface area contributed by atoms with Gasteiger partial charge in [0.15, 0.2) is 9.92 Å². The minimum Gasteiger partial charge on any atom is -0.465 e. The summed E-state index contributed by atoms with van der Waals surface area (Å²) in [6, 6.07) is 23.3. The molecule has 0 radical (unpaired) electrons. The van der Waals surface area contributed by atoms with Crippen LogP contribution < -0.4 is 11.5 Å². The van der Waals surface area contributed by atoms with Crippen molar-refractivity contribution >= 4 is 74.1 Å². The Morgan fingerprint density at radius 2 is 1.38 bits per heavy atom. The molecule has 246 valence electrons. The van der Waals surface area contributed by atoms with Gasteiger partial charge in [0.1, 0.15) is 12.1 Å². The number of carbonyl (C=O) groups is 1. The average molecular weight is 697 g/mol. The molecular formula is C36H28N10O2S2. The van der Waals surface area contributed by atoms with Gasteiger partial charge in [-0.25, -0.2) is 34.7 Å². The Morgan fingerprint density at radius 1 is 0.760 bits per heavy atom. The van der Waals surface area contributed by atoms with Crippen LogP contribution in [-0.2, 0) is 9.53 Å². The molecule has 0 bridgehead atoms. The van der Waals surface area contributed by atoms with Crippen molar-refractivity contribution in [2.24, 2.45) is 0 Å². The zero-order chi connectivity index (χ0) is 34.5. The molecule has 0 aliphatic rings. The topological polar surface area (TPSA) is 164 Å². The number of nitrogens with zero attached hydrogens (tertiary/aromatic N) is 8. The molecule has 0 aliphatic heterocycles. The number of thiazole rings is 2. The quantitative estimate of drug-likeness (QED) is 0.134. The summed E-state index contributed by atoms with van der Waals surface area (Å²) in [5.74, 6) is 0.0220. The predicted octanol–water partition coefficient (Wildman–Crippen LogP) is 6.75. The zero-order valence-corrected chi connectivity index (χ0v) is 28.1. The van der Waals surface area contributed by atoms with Crippen molar-refractivity contribution < 1.29 is 9.53 Å². The third-order valence-electron chi connectivity index (χ3n) is 7.45. The molecule has 2 aromatic carbocycles. The fraction of sp³-hybridized carbons (Fsp3) is 0.0278. The molecule has 4 N–H and O–H groups in total. The van der Waals surface area contributed by atoms with Crippen LogP contribution in [0.5, 0.6) is 0 Å². The highest BCUT2D eigenvalue weighted by atomic mass is 32.1. The number of aromatic nitrogens is 8. The first-order valence-corrected chi connectivity index (χ1v) is 16.9. The lowest BCUT2D eigenvalue weighted by Gasteiger charge is -2.07. The van der Waals surface area contributed by atoms with E-state index < -0.39 is 5.97 Å². The number of ether oxygens (including phenoxy) is 1. The third kappa shape index (κ3) is 6.74. The van der Waals surface area contributed by atoms with E-state index in [1.165, 1.54) is 31.0 Å². The van der Waals surface area contributed by atoms with Gasteiger partial charge in [0, 0.05) is 46.5 Å². The van der Waals surface area contributed by atoms with Gasteiger partial charge in [-0.3, -0.25) is 8.80 Å². The van der Waals surface area contributed by atoms with Crippen LogP contribution in [-0.4, -0.2) is 51.8 Å². The summed E-state index contributed by atoms with van der Waals surface area (Å²) in [4.78, 5) is 39.9. The van der Waals surface area contributed by atoms with Crippen LogP contribution in [0.1, 0.15) is 22.8 Å². The largest absolute Gasteiger partial charge is 0.465 e. The van der Waals surface area contributed by atoms with E-state index in [2.05, 4.69) is 36.5 Å². The number of anilines is 2. The van der Waals surface area contributed by atoms with E-state index in [0.717, 1.165) is 49.5 Å². The fourth-order valence-electron chi connectivity index (χ4n) is 5.17. The number of imidazole rings is 2. The van der Waals surface area contributed by atoms with Crippen LogP contribution in [0.4, 0.5) is 11.8 Å². The van der Waals surface area contributed by atoms with Crippen LogP contribution in [0.15, 0.2) is 108 Å². The Balaban J connectivity index is 0.000000159. The van der Waals surface area contributed by atoms with Crippen LogP contribution in [0.3, 0.4) is 0 Å². The van der Waals surface area contributed by atoms with E-state index >= 15 is 0 Å². The normalized spacial score (nSPS) is 11.6. The maximum Gasteiger partial charge on any atom is 0.340 e. The Labute approximate surface area is 293 Å². The highest BCUT2D eigenvalue weighted by molar-refractivity contribution is 7.15. The molecule has 0 spiro atoms. The Kier molecular flexibility index (Phi) is 9.18. The molecule has 0 saturated heterocycles. The monoisotopic (exact) mass is 696 g/mol. The first-order valence-electron chi connectivity index (χ1n) is 15.1. The van der Waals surface area contributed by atoms with Crippen molar-refractivity contribution in [3.05, 3.63) is 131 Å². The number of rotatable bonds is 7. The van der Waals surface area contributed by atoms with Gasteiger partial charge in [0.25, 0.3) is 0 Å². The van der Waals surface area contributed by atoms with E-state index in [-0.39, 0.29) is 11.5 Å². The molecule has 12 nitrogen and oxygen atoms in total. The lowest BCUT2D eigenvalue weighted by atomic mass is 10.1. The lowest BCUT2D eigenvalue weighted by molar-refractivity contribution is -0.133. The van der Waals surface area contributed by atoms with Crippen molar-refractivity contribution in [1.29, 1.82) is 0 Å². The van der Waals surface area contributed by atoms with Gasteiger partial charge < -0.3 is 16.2 Å². The highest BCUT2D eigenvalue weighted by Crippen LogP contribution is 2.31. The smallest absolute Gasteiger partial charge is 0.340 e. The molecule has 0 fully saturated rings. The average Bonchev–Trinajstić information content (AvgIpc) is 3.93. The number of fused-ring (bicyclic) bond motifs is 2. The molecule has 50 heavy (non-hydrogen) atoms. The Bertz CT molecular complexity index is 2480. The summed E-state index contributed by atoms with van der Waals surface area (Å²) in [5.41, 5.74) is 18.4. The standard InChI is InChI=1S/C19H15N5O2S.C17H13N5S/c1-26-17(25)13(14-7-8-21-18(20)22-14)11-15-16(12-5-3-2-4-6-12)23-19-24(15)9-10-27-19;18-15-10-13(19-11-20-15)6-7-14-16(12-4-2-1-3-5-12)21-17-22(14)8-9-23-17/h2-11H,1H3,(H2,20,21,22);1-11H,(H2,18,19,20)/b13-11-;7-6+. The van der Waals surface area contributed by atoms with E-state index in [4.69, 9.17) is 26.2 Å². The molecular weight excluding hydrogens is 669 g/mol. The van der Waals surface area contributed by atoms with Crippen molar-refractivity contribution in [2.45, 2.75) is 0 Å². The lowest BCUT2D eigenvalue weighted by Crippen LogP contribution is -2.07. The summed E-state index contributed by atoms with van der Waals surface area (Å²) in [6.45, 7) is 0. The second kappa shape index (κ2) is 14.3. The molecule has 6 aromatic heterocycles. The summed E-state index contributed by atoms with van der Waals surface area (Å²) < 4.78 is 8.97. The highest BCUT2D eigenvalue weighted by Gasteiger charge is 2.20. The van der Waals surface area contributed by atoms with Gasteiger partial charge in [-0.15, -0.1) is 22.7 Å². The molecule has 0 atom stereocenters. The van der Waals surface area contributed by atoms with Gasteiger partial charge in [-0.05, 0) is 24.3 Å². The molecule has 8 rings (SSSR count). The number of carbonyl (C=O) groups excluding carboxylic acids is 1. The van der Waals surface area contributed by atoms with Crippen LogP contribution in [0.25, 0.3) is 56.2 Å². The SMILES string of the molecule is COC(=O)/C(=C\c1c(-c2ccccc2)nc2sccn12)c1ccnc(N)n1.Nc1cc(/C=C/c2c(-c3ccccc3)nc3sccn23)ncn1. The predicted molar refractivity (Wildman–Crippen MR) is 199 cm³/mol. The second-order valence-electron chi connectivity index (χ2n) is 10.6. The van der Waals surface area contributed by atoms with Gasteiger partial charge in [0.2, 0.25) is 5.95 Å². The van der Waals surface area contributed by atoms with E-state index in [0.29, 0.717) is 11.5 Å². The van der Waals surface area contributed by atoms with E-state index in [9.17, 15) is 4.79 Å². The number of nitrogen functional groups attached to an aromatic ring is 2. The fourth-order valence-corrected chi connectivity index (χ4v) is 6.61.